The van der Waals surface area contributed by atoms with Crippen molar-refractivity contribution in [2.45, 2.75) is 5.22 Å². The molecule has 0 bridgehead atoms. The second-order valence-electron chi connectivity index (χ2n) is 5.29. The Morgan fingerprint density at radius 2 is 1.74 bits per heavy atom. The van der Waals surface area contributed by atoms with Gasteiger partial charge in [-0.2, -0.15) is 0 Å². The minimum atomic E-state index is -1.36. The lowest BCUT2D eigenvalue weighted by Gasteiger charge is -2.13. The van der Waals surface area contributed by atoms with Crippen molar-refractivity contribution in [2.24, 2.45) is 0 Å². The molecular weight excluding hydrogens is 370 g/mol. The number of carbonyl (C=O) groups excluding carboxylic acids is 1. The lowest BCUT2D eigenvalue weighted by Crippen LogP contribution is -2.23. The molecule has 7 nitrogen and oxygen atoms in total. The van der Waals surface area contributed by atoms with E-state index >= 15 is 0 Å². The van der Waals surface area contributed by atoms with Crippen molar-refractivity contribution < 1.29 is 28.5 Å². The maximum Gasteiger partial charge on any atom is 0.261 e. The van der Waals surface area contributed by atoms with Gasteiger partial charge in [0.1, 0.15) is 11.3 Å². The average molecular weight is 386 g/mol. The van der Waals surface area contributed by atoms with E-state index in [0.717, 1.165) is 11.8 Å². The van der Waals surface area contributed by atoms with Gasteiger partial charge in [0.25, 0.3) is 5.22 Å². The summed E-state index contributed by atoms with van der Waals surface area (Å²) in [7, 11) is 4.47. The Balaban J connectivity index is 2.01. The summed E-state index contributed by atoms with van der Waals surface area (Å²) >= 11 is 0.854. The van der Waals surface area contributed by atoms with E-state index in [-0.39, 0.29) is 10.1 Å². The van der Waals surface area contributed by atoms with Gasteiger partial charge in [-0.3, -0.25) is 0 Å². The van der Waals surface area contributed by atoms with Gasteiger partial charge in [0.15, 0.2) is 17.1 Å². The fourth-order valence-electron chi connectivity index (χ4n) is 2.43. The van der Waals surface area contributed by atoms with E-state index in [2.05, 4.69) is 4.98 Å². The third kappa shape index (κ3) is 4.01. The van der Waals surface area contributed by atoms with Crippen molar-refractivity contribution in [2.75, 3.05) is 21.3 Å². The van der Waals surface area contributed by atoms with E-state index in [9.17, 15) is 9.90 Å². The zero-order chi connectivity index (χ0) is 19.4. The first-order valence-corrected chi connectivity index (χ1v) is 8.63. The molecule has 0 unspecified atom stereocenters. The van der Waals surface area contributed by atoms with E-state index in [1.54, 1.807) is 24.3 Å². The summed E-state index contributed by atoms with van der Waals surface area (Å²) in [6.45, 7) is 0. The number of carboxylic acid groups (broad SMARTS) is 1. The molecular formula is C19H16NO6S-. The van der Waals surface area contributed by atoms with Crippen LogP contribution in [-0.2, 0) is 4.79 Å². The molecule has 2 aromatic carbocycles. The maximum atomic E-state index is 11.6. The molecule has 1 aromatic heterocycles. The van der Waals surface area contributed by atoms with Gasteiger partial charge in [-0.05, 0) is 36.0 Å². The first-order chi connectivity index (χ1) is 13.0. The second-order valence-corrected chi connectivity index (χ2v) is 6.29. The molecule has 0 saturated heterocycles. The number of hydrogen-bond acceptors (Lipinski definition) is 8. The molecule has 8 heteroatoms. The van der Waals surface area contributed by atoms with E-state index in [0.29, 0.717) is 33.9 Å². The Kier molecular flexibility index (Phi) is 5.56. The summed E-state index contributed by atoms with van der Waals surface area (Å²) in [5, 5.41) is 11.8. The van der Waals surface area contributed by atoms with Gasteiger partial charge >= 0.3 is 0 Å². The summed E-state index contributed by atoms with van der Waals surface area (Å²) < 4.78 is 21.4. The number of thioether (sulfide) groups is 1. The summed E-state index contributed by atoms with van der Waals surface area (Å²) in [6.07, 6.45) is 1.41. The molecule has 0 aliphatic rings. The highest BCUT2D eigenvalue weighted by atomic mass is 32.2. The molecule has 27 heavy (non-hydrogen) atoms. The number of aliphatic carboxylic acids is 1. The van der Waals surface area contributed by atoms with Gasteiger partial charge < -0.3 is 28.5 Å². The number of oxazole rings is 1. The number of ether oxygens (including phenoxy) is 3. The van der Waals surface area contributed by atoms with Gasteiger partial charge in [0.05, 0.1) is 27.3 Å². The monoisotopic (exact) mass is 386 g/mol. The number of benzene rings is 2. The molecule has 0 spiro atoms. The molecule has 140 valence electrons. The quantitative estimate of drug-likeness (QED) is 0.452. The number of hydrogen-bond donors (Lipinski definition) is 0. The van der Waals surface area contributed by atoms with Gasteiger partial charge in [0, 0.05) is 16.5 Å². The van der Waals surface area contributed by atoms with Crippen LogP contribution in [0.5, 0.6) is 17.2 Å². The summed E-state index contributed by atoms with van der Waals surface area (Å²) in [4.78, 5) is 15.8. The Hall–Kier alpha value is -3.13. The molecule has 0 aliphatic carbocycles. The second kappa shape index (κ2) is 8.05. The van der Waals surface area contributed by atoms with Crippen molar-refractivity contribution in [3.63, 3.8) is 0 Å². The maximum absolute atomic E-state index is 11.6. The van der Waals surface area contributed by atoms with Crippen molar-refractivity contribution in [1.82, 2.24) is 4.98 Å². The highest BCUT2D eigenvalue weighted by molar-refractivity contribution is 8.03. The van der Waals surface area contributed by atoms with Crippen LogP contribution in [0, 0.1) is 0 Å². The average Bonchev–Trinajstić information content (AvgIpc) is 3.09. The number of para-hydroxylation sites is 2. The Labute approximate surface area is 159 Å². The van der Waals surface area contributed by atoms with Gasteiger partial charge in [-0.1, -0.05) is 12.1 Å². The highest BCUT2D eigenvalue weighted by Crippen LogP contribution is 2.37. The Morgan fingerprint density at radius 3 is 2.37 bits per heavy atom. The zero-order valence-electron chi connectivity index (χ0n) is 14.8. The molecule has 0 atom stereocenters. The number of carboxylic acids is 1. The van der Waals surface area contributed by atoms with Crippen LogP contribution in [0.25, 0.3) is 17.2 Å². The molecule has 0 N–H and O–H groups in total. The van der Waals surface area contributed by atoms with Gasteiger partial charge in [-0.25, -0.2) is 4.98 Å². The fourth-order valence-corrected chi connectivity index (χ4v) is 3.16. The van der Waals surface area contributed by atoms with Crippen LogP contribution in [-0.4, -0.2) is 32.3 Å². The number of methoxy groups -OCH3 is 3. The molecule has 0 aliphatic heterocycles. The zero-order valence-corrected chi connectivity index (χ0v) is 15.7. The minimum absolute atomic E-state index is 0.0907. The SMILES string of the molecule is COc1cc(OC)c(OC)cc1/C=C(\Sc1nc2ccccc2o1)C(=O)[O-]. The summed E-state index contributed by atoms with van der Waals surface area (Å²) in [6, 6.07) is 10.4. The molecule has 0 amide bonds. The van der Waals surface area contributed by atoms with Crippen LogP contribution in [0.15, 0.2) is 50.9 Å². The van der Waals surface area contributed by atoms with Crippen molar-refractivity contribution in [3.8, 4) is 17.2 Å². The number of carbonyl (C=O) groups is 1. The normalized spacial score (nSPS) is 11.4. The van der Waals surface area contributed by atoms with Crippen LogP contribution < -0.4 is 19.3 Å². The van der Waals surface area contributed by atoms with Crippen LogP contribution >= 0.6 is 11.8 Å². The van der Waals surface area contributed by atoms with Crippen LogP contribution in [0.4, 0.5) is 0 Å². The lowest BCUT2D eigenvalue weighted by atomic mass is 10.1. The smallest absolute Gasteiger partial charge is 0.261 e. The third-order valence-electron chi connectivity index (χ3n) is 3.70. The fraction of sp³-hybridized carbons (Fsp3) is 0.158. The van der Waals surface area contributed by atoms with Crippen molar-refractivity contribution in [1.29, 1.82) is 0 Å². The van der Waals surface area contributed by atoms with Gasteiger partial charge in [-0.15, -0.1) is 0 Å². The Morgan fingerprint density at radius 1 is 1.07 bits per heavy atom. The van der Waals surface area contributed by atoms with E-state index < -0.39 is 5.97 Å². The predicted octanol–water partition coefficient (Wildman–Crippen LogP) is 2.74. The van der Waals surface area contributed by atoms with E-state index in [4.69, 9.17) is 18.6 Å². The predicted molar refractivity (Wildman–Crippen MR) is 98.9 cm³/mol. The molecule has 0 saturated carbocycles. The molecule has 0 fully saturated rings. The highest BCUT2D eigenvalue weighted by Gasteiger charge is 2.14. The summed E-state index contributed by atoms with van der Waals surface area (Å²) in [5.74, 6) is -0.0362. The van der Waals surface area contributed by atoms with Crippen molar-refractivity contribution in [3.05, 3.63) is 46.9 Å². The number of aromatic nitrogens is 1. The molecule has 1 heterocycles. The largest absolute Gasteiger partial charge is 0.544 e. The Bertz CT molecular complexity index is 978. The topological polar surface area (TPSA) is 93.8 Å². The number of rotatable bonds is 7. The molecule has 0 radical (unpaired) electrons. The van der Waals surface area contributed by atoms with E-state index in [1.807, 2.05) is 12.1 Å². The first kappa shape index (κ1) is 18.7. The number of fused-ring (bicyclic) bond motifs is 1. The lowest BCUT2D eigenvalue weighted by molar-refractivity contribution is -0.298. The number of nitrogens with zero attached hydrogens (tertiary/aromatic N) is 1. The van der Waals surface area contributed by atoms with Crippen LogP contribution in [0.3, 0.4) is 0 Å². The van der Waals surface area contributed by atoms with Crippen LogP contribution in [0.2, 0.25) is 0 Å². The van der Waals surface area contributed by atoms with Gasteiger partial charge in [0.2, 0.25) is 0 Å². The third-order valence-corrected chi connectivity index (χ3v) is 4.55. The minimum Gasteiger partial charge on any atom is -0.544 e. The molecule has 3 aromatic rings. The first-order valence-electron chi connectivity index (χ1n) is 7.82. The standard InChI is InChI=1S/C19H17NO6S/c1-23-14-10-16(25-3)15(24-2)8-11(14)9-17(18(21)22)27-19-20-12-6-4-5-7-13(12)26-19/h4-10H,1-3H3,(H,21,22)/p-1/b17-9-. The van der Waals surface area contributed by atoms with Crippen molar-refractivity contribution >= 4 is 34.9 Å². The molecule has 3 rings (SSSR count). The van der Waals surface area contributed by atoms with Crippen LogP contribution in [0.1, 0.15) is 5.56 Å². The van der Waals surface area contributed by atoms with E-state index in [1.165, 1.54) is 27.4 Å². The summed E-state index contributed by atoms with van der Waals surface area (Å²) in [5.41, 5.74) is 1.70.